The van der Waals surface area contributed by atoms with Gasteiger partial charge in [0.25, 0.3) is 5.56 Å². The maximum absolute atomic E-state index is 12.9. The summed E-state index contributed by atoms with van der Waals surface area (Å²) in [6.45, 7) is 5.86. The molecule has 2 N–H and O–H groups in total. The number of carboxylic acids is 1. The number of pyridine rings is 1. The van der Waals surface area contributed by atoms with Gasteiger partial charge in [-0.25, -0.2) is 4.79 Å². The summed E-state index contributed by atoms with van der Waals surface area (Å²) in [4.78, 5) is 43.8. The summed E-state index contributed by atoms with van der Waals surface area (Å²) in [5.41, 5.74) is 3.17. The maximum atomic E-state index is 12.9. The number of nitrogens with zero attached hydrogens (tertiary/aromatic N) is 3. The fourth-order valence-corrected chi connectivity index (χ4v) is 5.00. The standard InChI is InChI=1S/C22H22N4O4S/c1-4-14(9-19(27)28)26-21(29)15-10-23-13(7-16(15)24-22(26)30)8-17-20-12(3)5-11(2)6-18(20)31-25-17/h5-7,10,14H,4,8-9H2,1-3H3,(H,24,30)(H,27,28)/t14-/m0/s1. The molecule has 1 aromatic carbocycles. The number of rotatable bonds is 6. The molecule has 0 aliphatic heterocycles. The molecule has 3 aromatic heterocycles. The van der Waals surface area contributed by atoms with Crippen molar-refractivity contribution in [1.82, 2.24) is 18.9 Å². The molecule has 0 unspecified atom stereocenters. The molecule has 0 spiro atoms. The third-order valence-electron chi connectivity index (χ3n) is 5.45. The minimum atomic E-state index is -1.06. The van der Waals surface area contributed by atoms with Crippen LogP contribution in [0.1, 0.15) is 48.3 Å². The fraction of sp³-hybridized carbons (Fsp3) is 0.318. The second-order valence-corrected chi connectivity index (χ2v) is 8.55. The number of aromatic nitrogens is 4. The average Bonchev–Trinajstić information content (AvgIpc) is 3.09. The molecule has 3 heterocycles. The van der Waals surface area contributed by atoms with Crippen LogP contribution in [0.25, 0.3) is 21.0 Å². The Kier molecular flexibility index (Phi) is 5.45. The van der Waals surface area contributed by atoms with Gasteiger partial charge in [-0.15, -0.1) is 0 Å². The van der Waals surface area contributed by atoms with E-state index in [2.05, 4.69) is 40.3 Å². The van der Waals surface area contributed by atoms with Crippen molar-refractivity contribution in [1.29, 1.82) is 0 Å². The second kappa shape index (κ2) is 8.07. The predicted octanol–water partition coefficient (Wildman–Crippen LogP) is 3.33. The molecule has 1 atom stereocenters. The smallest absolute Gasteiger partial charge is 0.329 e. The molecule has 0 radical (unpaired) electrons. The number of hydrogen-bond donors (Lipinski definition) is 2. The quantitative estimate of drug-likeness (QED) is 0.477. The highest BCUT2D eigenvalue weighted by atomic mass is 32.1. The van der Waals surface area contributed by atoms with E-state index in [1.807, 2.05) is 0 Å². The van der Waals surface area contributed by atoms with Crippen molar-refractivity contribution < 1.29 is 9.90 Å². The lowest BCUT2D eigenvalue weighted by molar-refractivity contribution is -0.138. The van der Waals surface area contributed by atoms with Crippen molar-refractivity contribution in [2.45, 2.75) is 46.1 Å². The van der Waals surface area contributed by atoms with Crippen LogP contribution in [-0.2, 0) is 11.2 Å². The maximum Gasteiger partial charge on any atom is 0.329 e. The second-order valence-electron chi connectivity index (χ2n) is 7.75. The minimum absolute atomic E-state index is 0.252. The number of hydrogen-bond acceptors (Lipinski definition) is 6. The summed E-state index contributed by atoms with van der Waals surface area (Å²) in [7, 11) is 0. The zero-order valence-electron chi connectivity index (χ0n) is 17.4. The van der Waals surface area contributed by atoms with Gasteiger partial charge in [-0.3, -0.25) is 19.1 Å². The van der Waals surface area contributed by atoms with Crippen molar-refractivity contribution >= 4 is 38.5 Å². The van der Waals surface area contributed by atoms with Crippen LogP contribution in [0.3, 0.4) is 0 Å². The number of nitrogens with one attached hydrogen (secondary N) is 1. The summed E-state index contributed by atoms with van der Waals surface area (Å²) in [6, 6.07) is 5.20. The first kappa shape index (κ1) is 20.9. The lowest BCUT2D eigenvalue weighted by atomic mass is 10.0. The van der Waals surface area contributed by atoms with E-state index in [4.69, 9.17) is 5.11 Å². The predicted molar refractivity (Wildman–Crippen MR) is 120 cm³/mol. The molecule has 0 amide bonds. The molecule has 0 aliphatic rings. The van der Waals surface area contributed by atoms with Crippen LogP contribution in [0.15, 0.2) is 34.0 Å². The van der Waals surface area contributed by atoms with Crippen molar-refractivity contribution in [2.24, 2.45) is 0 Å². The first-order valence-electron chi connectivity index (χ1n) is 9.99. The van der Waals surface area contributed by atoms with Crippen LogP contribution < -0.4 is 11.2 Å². The molecular formula is C22H22N4O4S. The number of carbonyl (C=O) groups is 1. The van der Waals surface area contributed by atoms with E-state index in [0.29, 0.717) is 24.1 Å². The minimum Gasteiger partial charge on any atom is -0.481 e. The Morgan fingerprint density at radius 2 is 2.03 bits per heavy atom. The van der Waals surface area contributed by atoms with Crippen molar-refractivity contribution in [3.8, 4) is 0 Å². The molecular weight excluding hydrogens is 416 g/mol. The zero-order valence-corrected chi connectivity index (χ0v) is 18.2. The van der Waals surface area contributed by atoms with Crippen molar-refractivity contribution in [3.63, 3.8) is 0 Å². The summed E-state index contributed by atoms with van der Waals surface area (Å²) in [5.74, 6) is -1.06. The monoisotopic (exact) mass is 438 g/mol. The number of aliphatic carboxylic acids is 1. The van der Waals surface area contributed by atoms with Gasteiger partial charge in [0.05, 0.1) is 33.8 Å². The Hall–Kier alpha value is -3.33. The number of benzene rings is 1. The molecule has 31 heavy (non-hydrogen) atoms. The van der Waals surface area contributed by atoms with Gasteiger partial charge < -0.3 is 10.1 Å². The summed E-state index contributed by atoms with van der Waals surface area (Å²) < 4.78 is 6.69. The van der Waals surface area contributed by atoms with Crippen LogP contribution in [0.2, 0.25) is 0 Å². The molecule has 0 saturated heterocycles. The van der Waals surface area contributed by atoms with Gasteiger partial charge in [0, 0.05) is 23.7 Å². The highest BCUT2D eigenvalue weighted by molar-refractivity contribution is 7.13. The lowest BCUT2D eigenvalue weighted by Crippen LogP contribution is -2.38. The Labute approximate surface area is 181 Å². The Morgan fingerprint density at radius 3 is 2.74 bits per heavy atom. The van der Waals surface area contributed by atoms with Gasteiger partial charge >= 0.3 is 11.7 Å². The van der Waals surface area contributed by atoms with E-state index in [1.165, 1.54) is 23.3 Å². The number of aromatic amines is 1. The number of fused-ring (bicyclic) bond motifs is 2. The largest absolute Gasteiger partial charge is 0.481 e. The first-order valence-corrected chi connectivity index (χ1v) is 10.8. The molecule has 0 bridgehead atoms. The van der Waals surface area contributed by atoms with E-state index >= 15 is 0 Å². The van der Waals surface area contributed by atoms with Gasteiger partial charge in [-0.05, 0) is 55.1 Å². The highest BCUT2D eigenvalue weighted by Crippen LogP contribution is 2.29. The molecule has 9 heteroatoms. The number of aryl methyl sites for hydroxylation is 2. The summed E-state index contributed by atoms with van der Waals surface area (Å²) in [6.07, 6.45) is 1.97. The van der Waals surface area contributed by atoms with E-state index < -0.39 is 23.3 Å². The van der Waals surface area contributed by atoms with E-state index in [-0.39, 0.29) is 11.8 Å². The molecule has 8 nitrogen and oxygen atoms in total. The Morgan fingerprint density at radius 1 is 1.26 bits per heavy atom. The van der Waals surface area contributed by atoms with Crippen LogP contribution in [-0.4, -0.2) is 30.0 Å². The molecule has 0 fully saturated rings. The van der Waals surface area contributed by atoms with E-state index in [9.17, 15) is 14.4 Å². The molecule has 0 saturated carbocycles. The zero-order chi connectivity index (χ0) is 22.3. The third-order valence-corrected chi connectivity index (χ3v) is 6.28. The van der Waals surface area contributed by atoms with Crippen molar-refractivity contribution in [3.05, 3.63) is 67.7 Å². The highest BCUT2D eigenvalue weighted by Gasteiger charge is 2.19. The molecule has 0 aliphatic carbocycles. The SMILES string of the molecule is CC[C@@H](CC(=O)O)n1c(=O)[nH]c2cc(Cc3nsc4cc(C)cc(C)c34)ncc2c1=O. The Bertz CT molecular complexity index is 1430. The van der Waals surface area contributed by atoms with Crippen molar-refractivity contribution in [2.75, 3.05) is 0 Å². The van der Waals surface area contributed by atoms with Crippen LogP contribution in [0, 0.1) is 13.8 Å². The summed E-state index contributed by atoms with van der Waals surface area (Å²) in [5, 5.41) is 10.5. The van der Waals surface area contributed by atoms with Gasteiger partial charge in [-0.1, -0.05) is 13.0 Å². The third kappa shape index (κ3) is 3.88. The van der Waals surface area contributed by atoms with Crippen LogP contribution in [0.5, 0.6) is 0 Å². The van der Waals surface area contributed by atoms with E-state index in [1.54, 1.807) is 13.0 Å². The van der Waals surface area contributed by atoms with Crippen LogP contribution >= 0.6 is 11.5 Å². The molecule has 4 rings (SSSR count). The topological polar surface area (TPSA) is 118 Å². The van der Waals surface area contributed by atoms with Gasteiger partial charge in [-0.2, -0.15) is 4.37 Å². The normalized spacial score (nSPS) is 12.5. The lowest BCUT2D eigenvalue weighted by Gasteiger charge is -2.15. The van der Waals surface area contributed by atoms with E-state index in [0.717, 1.165) is 25.9 Å². The summed E-state index contributed by atoms with van der Waals surface area (Å²) >= 11 is 1.45. The molecule has 160 valence electrons. The van der Waals surface area contributed by atoms with Gasteiger partial charge in [0.1, 0.15) is 0 Å². The Balaban J connectivity index is 1.76. The van der Waals surface area contributed by atoms with Gasteiger partial charge in [0.15, 0.2) is 0 Å². The van der Waals surface area contributed by atoms with Gasteiger partial charge in [0.2, 0.25) is 0 Å². The average molecular weight is 439 g/mol. The fourth-order valence-electron chi connectivity index (χ4n) is 4.03. The van der Waals surface area contributed by atoms with Crippen LogP contribution in [0.4, 0.5) is 0 Å². The first-order chi connectivity index (χ1) is 14.8. The number of H-pyrrole nitrogens is 1. The number of carboxylic acid groups (broad SMARTS) is 1. The molecule has 4 aromatic rings.